The maximum atomic E-state index is 11.4. The molecular weight excluding hydrogens is 404 g/mol. The molecule has 0 radical (unpaired) electrons. The first-order chi connectivity index (χ1) is 15.7. The third kappa shape index (κ3) is 10.6. The zero-order valence-electron chi connectivity index (χ0n) is 19.6. The molecule has 5 heteroatoms. The molecule has 2 aromatic rings. The summed E-state index contributed by atoms with van der Waals surface area (Å²) >= 11 is 0. The van der Waals surface area contributed by atoms with Crippen molar-refractivity contribution in [3.05, 3.63) is 54.1 Å². The highest BCUT2D eigenvalue weighted by molar-refractivity contribution is 5.89. The summed E-state index contributed by atoms with van der Waals surface area (Å²) in [6.45, 7) is 4.13. The Morgan fingerprint density at radius 2 is 1.00 bits per heavy atom. The molecule has 0 aliphatic carbocycles. The van der Waals surface area contributed by atoms with Gasteiger partial charge in [0.15, 0.2) is 0 Å². The van der Waals surface area contributed by atoms with Crippen LogP contribution in [0.25, 0.3) is 0 Å². The van der Waals surface area contributed by atoms with Gasteiger partial charge in [-0.15, -0.1) is 0 Å². The molecule has 5 nitrogen and oxygen atoms in total. The molecular formula is C27H38O5. The van der Waals surface area contributed by atoms with E-state index in [1.54, 1.807) is 24.3 Å². The number of unbranched alkanes of at least 4 members (excludes halogenated alkanes) is 7. The van der Waals surface area contributed by atoms with E-state index in [9.17, 15) is 4.79 Å². The molecule has 0 fully saturated rings. The third-order valence-corrected chi connectivity index (χ3v) is 5.19. The molecule has 0 aromatic heterocycles. The highest BCUT2D eigenvalue weighted by Gasteiger charge is 2.04. The SMILES string of the molecule is CCCCCCCCCCOc1ccc(OCCCOc2ccc(C(=O)OC)cc2)cc1. The van der Waals surface area contributed by atoms with Crippen molar-refractivity contribution in [2.75, 3.05) is 26.9 Å². The van der Waals surface area contributed by atoms with Crippen molar-refractivity contribution in [3.63, 3.8) is 0 Å². The Bertz CT molecular complexity index is 740. The first kappa shape index (κ1) is 25.6. The van der Waals surface area contributed by atoms with Crippen LogP contribution in [0.2, 0.25) is 0 Å². The zero-order chi connectivity index (χ0) is 22.9. The predicted molar refractivity (Wildman–Crippen MR) is 128 cm³/mol. The zero-order valence-corrected chi connectivity index (χ0v) is 19.6. The maximum absolute atomic E-state index is 11.4. The third-order valence-electron chi connectivity index (χ3n) is 5.19. The van der Waals surface area contributed by atoms with E-state index < -0.39 is 0 Å². The average molecular weight is 443 g/mol. The Morgan fingerprint density at radius 3 is 1.47 bits per heavy atom. The lowest BCUT2D eigenvalue weighted by molar-refractivity contribution is 0.0600. The fraction of sp³-hybridized carbons (Fsp3) is 0.519. The number of rotatable bonds is 17. The van der Waals surface area contributed by atoms with Crippen molar-refractivity contribution in [1.29, 1.82) is 0 Å². The summed E-state index contributed by atoms with van der Waals surface area (Å²) in [7, 11) is 1.37. The van der Waals surface area contributed by atoms with Gasteiger partial charge in [0.05, 0.1) is 32.5 Å². The van der Waals surface area contributed by atoms with Crippen molar-refractivity contribution in [2.45, 2.75) is 64.7 Å². The average Bonchev–Trinajstić information content (AvgIpc) is 2.83. The Kier molecular flexibility index (Phi) is 12.8. The maximum Gasteiger partial charge on any atom is 0.337 e. The van der Waals surface area contributed by atoms with Gasteiger partial charge in [0.1, 0.15) is 17.2 Å². The van der Waals surface area contributed by atoms with E-state index in [4.69, 9.17) is 14.2 Å². The summed E-state index contributed by atoms with van der Waals surface area (Å²) in [5.74, 6) is 2.08. The number of hydrogen-bond donors (Lipinski definition) is 0. The Labute approximate surface area is 193 Å². The van der Waals surface area contributed by atoms with Gasteiger partial charge in [-0.1, -0.05) is 51.9 Å². The minimum absolute atomic E-state index is 0.352. The molecule has 0 atom stereocenters. The highest BCUT2D eigenvalue weighted by atomic mass is 16.5. The second-order valence-electron chi connectivity index (χ2n) is 7.86. The van der Waals surface area contributed by atoms with Crippen LogP contribution in [0.1, 0.15) is 75.1 Å². The summed E-state index contributed by atoms with van der Waals surface area (Å²) in [5.41, 5.74) is 0.508. The van der Waals surface area contributed by atoms with Crippen LogP contribution < -0.4 is 14.2 Å². The molecule has 0 amide bonds. The first-order valence-electron chi connectivity index (χ1n) is 11.9. The molecule has 0 spiro atoms. The molecule has 0 heterocycles. The van der Waals surface area contributed by atoms with Gasteiger partial charge in [0.2, 0.25) is 0 Å². The summed E-state index contributed by atoms with van der Waals surface area (Å²) < 4.78 is 21.9. The number of carbonyl (C=O) groups excluding carboxylic acids is 1. The number of carbonyl (C=O) groups is 1. The molecule has 0 aliphatic heterocycles. The summed E-state index contributed by atoms with van der Waals surface area (Å²) in [5, 5.41) is 0. The van der Waals surface area contributed by atoms with Gasteiger partial charge < -0.3 is 18.9 Å². The van der Waals surface area contributed by atoms with Crippen LogP contribution in [-0.4, -0.2) is 32.9 Å². The largest absolute Gasteiger partial charge is 0.494 e. The Balaban J connectivity index is 1.51. The van der Waals surface area contributed by atoms with E-state index in [2.05, 4.69) is 11.7 Å². The van der Waals surface area contributed by atoms with E-state index in [0.29, 0.717) is 18.8 Å². The van der Waals surface area contributed by atoms with E-state index in [0.717, 1.165) is 36.7 Å². The van der Waals surface area contributed by atoms with Crippen LogP contribution in [0.15, 0.2) is 48.5 Å². The first-order valence-corrected chi connectivity index (χ1v) is 11.9. The topological polar surface area (TPSA) is 54.0 Å². The van der Waals surface area contributed by atoms with Crippen molar-refractivity contribution < 1.29 is 23.7 Å². The molecule has 0 N–H and O–H groups in total. The molecule has 0 bridgehead atoms. The molecule has 0 saturated carbocycles. The van der Waals surface area contributed by atoms with Crippen molar-refractivity contribution >= 4 is 5.97 Å². The molecule has 0 saturated heterocycles. The van der Waals surface area contributed by atoms with Crippen LogP contribution >= 0.6 is 0 Å². The lowest BCUT2D eigenvalue weighted by Gasteiger charge is -2.10. The Morgan fingerprint density at radius 1 is 0.594 bits per heavy atom. The molecule has 176 valence electrons. The molecule has 2 aromatic carbocycles. The quantitative estimate of drug-likeness (QED) is 0.198. The van der Waals surface area contributed by atoms with Crippen LogP contribution in [0.5, 0.6) is 17.2 Å². The highest BCUT2D eigenvalue weighted by Crippen LogP contribution is 2.19. The van der Waals surface area contributed by atoms with E-state index >= 15 is 0 Å². The fourth-order valence-electron chi connectivity index (χ4n) is 3.30. The lowest BCUT2D eigenvalue weighted by atomic mass is 10.1. The van der Waals surface area contributed by atoms with Gasteiger partial charge >= 0.3 is 5.97 Å². The summed E-state index contributed by atoms with van der Waals surface area (Å²) in [6, 6.07) is 14.7. The van der Waals surface area contributed by atoms with Crippen molar-refractivity contribution in [3.8, 4) is 17.2 Å². The standard InChI is InChI=1S/C27H38O5/c1-3-4-5-6-7-8-9-10-20-30-25-16-18-26(19-17-25)32-22-11-21-31-24-14-12-23(13-15-24)27(28)29-2/h12-19H,3-11,20-22H2,1-2H3. The van der Waals surface area contributed by atoms with Gasteiger partial charge in [0.25, 0.3) is 0 Å². The van der Waals surface area contributed by atoms with Gasteiger partial charge in [-0.2, -0.15) is 0 Å². The minimum Gasteiger partial charge on any atom is -0.494 e. The summed E-state index contributed by atoms with van der Waals surface area (Å²) in [6.07, 6.45) is 11.2. The number of ether oxygens (including phenoxy) is 4. The van der Waals surface area contributed by atoms with E-state index in [1.165, 1.54) is 52.1 Å². The fourth-order valence-corrected chi connectivity index (χ4v) is 3.30. The van der Waals surface area contributed by atoms with Crippen LogP contribution in [0, 0.1) is 0 Å². The predicted octanol–water partition coefficient (Wildman–Crippen LogP) is 6.84. The molecule has 32 heavy (non-hydrogen) atoms. The van der Waals surface area contributed by atoms with E-state index in [1.807, 2.05) is 24.3 Å². The number of methoxy groups -OCH3 is 1. The Hall–Kier alpha value is -2.69. The summed E-state index contributed by atoms with van der Waals surface area (Å²) in [4.78, 5) is 11.4. The van der Waals surface area contributed by atoms with Gasteiger partial charge in [-0.3, -0.25) is 0 Å². The smallest absolute Gasteiger partial charge is 0.337 e. The molecule has 0 aliphatic rings. The molecule has 0 unspecified atom stereocenters. The second kappa shape index (κ2) is 16.0. The van der Waals surface area contributed by atoms with Crippen molar-refractivity contribution in [2.24, 2.45) is 0 Å². The van der Waals surface area contributed by atoms with Gasteiger partial charge in [-0.25, -0.2) is 4.79 Å². The van der Waals surface area contributed by atoms with Gasteiger partial charge in [0, 0.05) is 6.42 Å². The molecule has 2 rings (SSSR count). The van der Waals surface area contributed by atoms with Crippen LogP contribution in [0.3, 0.4) is 0 Å². The lowest BCUT2D eigenvalue weighted by Crippen LogP contribution is -2.05. The second-order valence-corrected chi connectivity index (χ2v) is 7.86. The van der Waals surface area contributed by atoms with Gasteiger partial charge in [-0.05, 0) is 55.0 Å². The monoisotopic (exact) mass is 442 g/mol. The number of hydrogen-bond acceptors (Lipinski definition) is 5. The minimum atomic E-state index is -0.352. The van der Waals surface area contributed by atoms with Crippen LogP contribution in [0.4, 0.5) is 0 Å². The van der Waals surface area contributed by atoms with Crippen molar-refractivity contribution in [1.82, 2.24) is 0 Å². The number of esters is 1. The number of benzene rings is 2. The van der Waals surface area contributed by atoms with E-state index in [-0.39, 0.29) is 5.97 Å². The van der Waals surface area contributed by atoms with Crippen LogP contribution in [-0.2, 0) is 4.74 Å². The normalized spacial score (nSPS) is 10.6.